The highest BCUT2D eigenvalue weighted by Gasteiger charge is 2.43. The standard InChI is InChI=1S/C24H29FN2O3/c1-29-12-13-30-18-7-4-6-17(14-18)16-27-22-10-5-11-24(28)26-21(22)15-23(27)19-8-2-3-9-20(19)25/h2-4,6-9,14,21-23H,5,10-13,15-16H2,1H3,(H,26,28)/t21-,22+,23-/m0/s1. The fraction of sp³-hybridized carbons (Fsp3) is 0.458. The summed E-state index contributed by atoms with van der Waals surface area (Å²) < 4.78 is 25.5. The van der Waals surface area contributed by atoms with E-state index in [-0.39, 0.29) is 29.8 Å². The highest BCUT2D eigenvalue weighted by molar-refractivity contribution is 5.76. The second-order valence-electron chi connectivity index (χ2n) is 8.07. The van der Waals surface area contributed by atoms with E-state index in [2.05, 4.69) is 16.3 Å². The molecule has 1 amide bonds. The molecule has 2 aliphatic heterocycles. The Balaban J connectivity index is 1.59. The average Bonchev–Trinajstić information content (AvgIpc) is 2.94. The zero-order valence-electron chi connectivity index (χ0n) is 17.4. The summed E-state index contributed by atoms with van der Waals surface area (Å²) in [5.74, 6) is 0.717. The molecule has 5 nitrogen and oxygen atoms in total. The Morgan fingerprint density at radius 3 is 2.87 bits per heavy atom. The number of hydrogen-bond acceptors (Lipinski definition) is 4. The number of halogens is 1. The molecule has 1 N–H and O–H groups in total. The number of fused-ring (bicyclic) bond motifs is 1. The lowest BCUT2D eigenvalue weighted by atomic mass is 10.0. The summed E-state index contributed by atoms with van der Waals surface area (Å²) in [5.41, 5.74) is 1.81. The fourth-order valence-corrected chi connectivity index (χ4v) is 4.73. The number of benzene rings is 2. The number of carbonyl (C=O) groups is 1. The van der Waals surface area contributed by atoms with Gasteiger partial charge in [0.2, 0.25) is 5.91 Å². The van der Waals surface area contributed by atoms with Crippen LogP contribution in [0.2, 0.25) is 0 Å². The number of carbonyl (C=O) groups excluding carboxylic acids is 1. The maximum atomic E-state index is 14.7. The van der Waals surface area contributed by atoms with E-state index in [0.29, 0.717) is 31.7 Å². The predicted molar refractivity (Wildman–Crippen MR) is 113 cm³/mol. The maximum absolute atomic E-state index is 14.7. The third-order valence-corrected chi connectivity index (χ3v) is 6.10. The van der Waals surface area contributed by atoms with Gasteiger partial charge in [-0.1, -0.05) is 30.3 Å². The monoisotopic (exact) mass is 412 g/mol. The Morgan fingerprint density at radius 2 is 2.03 bits per heavy atom. The number of nitrogens with one attached hydrogen (secondary N) is 1. The van der Waals surface area contributed by atoms with E-state index in [1.165, 1.54) is 6.07 Å². The number of likely N-dealkylation sites (tertiary alicyclic amines) is 1. The van der Waals surface area contributed by atoms with Gasteiger partial charge in [-0.3, -0.25) is 9.69 Å². The van der Waals surface area contributed by atoms with Crippen LogP contribution in [-0.2, 0) is 16.1 Å². The molecule has 0 bridgehead atoms. The lowest BCUT2D eigenvalue weighted by Crippen LogP contribution is -2.42. The normalized spacial score (nSPS) is 24.2. The number of hydrogen-bond donors (Lipinski definition) is 1. The van der Waals surface area contributed by atoms with Gasteiger partial charge in [-0.15, -0.1) is 0 Å². The van der Waals surface area contributed by atoms with Gasteiger partial charge in [0.15, 0.2) is 0 Å². The van der Waals surface area contributed by atoms with Crippen LogP contribution in [-0.4, -0.2) is 43.2 Å². The average molecular weight is 413 g/mol. The van der Waals surface area contributed by atoms with Gasteiger partial charge in [0.05, 0.1) is 6.61 Å². The van der Waals surface area contributed by atoms with Gasteiger partial charge in [0.1, 0.15) is 18.2 Å². The van der Waals surface area contributed by atoms with Crippen molar-refractivity contribution in [3.05, 3.63) is 65.5 Å². The van der Waals surface area contributed by atoms with Crippen molar-refractivity contribution in [3.63, 3.8) is 0 Å². The molecule has 0 aromatic heterocycles. The first kappa shape index (κ1) is 20.8. The summed E-state index contributed by atoms with van der Waals surface area (Å²) in [6, 6.07) is 15.2. The van der Waals surface area contributed by atoms with E-state index in [9.17, 15) is 9.18 Å². The summed E-state index contributed by atoms with van der Waals surface area (Å²) in [6.07, 6.45) is 3.07. The first-order valence-corrected chi connectivity index (χ1v) is 10.7. The van der Waals surface area contributed by atoms with Gasteiger partial charge in [-0.2, -0.15) is 0 Å². The van der Waals surface area contributed by atoms with Crippen LogP contribution in [0.25, 0.3) is 0 Å². The molecular formula is C24H29FN2O3. The third-order valence-electron chi connectivity index (χ3n) is 6.10. The van der Waals surface area contributed by atoms with E-state index >= 15 is 0 Å². The second-order valence-corrected chi connectivity index (χ2v) is 8.07. The lowest BCUT2D eigenvalue weighted by molar-refractivity contribution is -0.121. The number of nitrogens with zero attached hydrogens (tertiary/aromatic N) is 1. The molecule has 160 valence electrons. The van der Waals surface area contributed by atoms with Crippen molar-refractivity contribution in [2.75, 3.05) is 20.3 Å². The van der Waals surface area contributed by atoms with Crippen LogP contribution in [0.5, 0.6) is 5.75 Å². The van der Waals surface area contributed by atoms with Gasteiger partial charge in [0, 0.05) is 43.8 Å². The topological polar surface area (TPSA) is 50.8 Å². The molecule has 6 heteroatoms. The predicted octanol–water partition coefficient (Wildman–Crippen LogP) is 3.84. The van der Waals surface area contributed by atoms with Crippen molar-refractivity contribution in [2.24, 2.45) is 0 Å². The molecule has 2 fully saturated rings. The van der Waals surface area contributed by atoms with Crippen molar-refractivity contribution >= 4 is 5.91 Å². The van der Waals surface area contributed by atoms with Gasteiger partial charge in [0.25, 0.3) is 0 Å². The summed E-state index contributed by atoms with van der Waals surface area (Å²) in [5, 5.41) is 3.18. The summed E-state index contributed by atoms with van der Waals surface area (Å²) >= 11 is 0. The van der Waals surface area contributed by atoms with E-state index in [4.69, 9.17) is 9.47 Å². The third kappa shape index (κ3) is 4.65. The number of ether oxygens (including phenoxy) is 2. The smallest absolute Gasteiger partial charge is 0.220 e. The zero-order chi connectivity index (χ0) is 20.9. The number of amides is 1. The minimum absolute atomic E-state index is 0.0470. The number of rotatable bonds is 7. The van der Waals surface area contributed by atoms with Crippen LogP contribution in [0.3, 0.4) is 0 Å². The van der Waals surface area contributed by atoms with Crippen molar-refractivity contribution in [3.8, 4) is 5.75 Å². The molecular weight excluding hydrogens is 383 g/mol. The van der Waals surface area contributed by atoms with Crippen LogP contribution in [0.15, 0.2) is 48.5 Å². The van der Waals surface area contributed by atoms with E-state index < -0.39 is 0 Å². The fourth-order valence-electron chi connectivity index (χ4n) is 4.73. The first-order chi connectivity index (χ1) is 14.7. The van der Waals surface area contributed by atoms with Crippen LogP contribution in [0.1, 0.15) is 42.9 Å². The molecule has 2 aromatic carbocycles. The molecule has 0 unspecified atom stereocenters. The molecule has 0 spiro atoms. The largest absolute Gasteiger partial charge is 0.491 e. The van der Waals surface area contributed by atoms with Crippen molar-refractivity contribution in [2.45, 2.75) is 50.4 Å². The first-order valence-electron chi connectivity index (χ1n) is 10.7. The summed E-state index contributed by atoms with van der Waals surface area (Å²) in [7, 11) is 1.65. The minimum Gasteiger partial charge on any atom is -0.491 e. The van der Waals surface area contributed by atoms with Crippen molar-refractivity contribution in [1.29, 1.82) is 0 Å². The Labute approximate surface area is 177 Å². The van der Waals surface area contributed by atoms with Gasteiger partial charge in [-0.05, 0) is 43.0 Å². The SMILES string of the molecule is COCCOc1cccc(CN2[C@@H]3CCCC(=O)N[C@H]3C[C@H]2c2ccccc2F)c1. The summed E-state index contributed by atoms with van der Waals surface area (Å²) in [4.78, 5) is 14.5. The lowest BCUT2D eigenvalue weighted by Gasteiger charge is -2.31. The van der Waals surface area contributed by atoms with Crippen LogP contribution < -0.4 is 10.1 Å². The molecule has 2 saturated heterocycles. The molecule has 0 radical (unpaired) electrons. The van der Waals surface area contributed by atoms with Crippen LogP contribution >= 0.6 is 0 Å². The molecule has 30 heavy (non-hydrogen) atoms. The van der Waals surface area contributed by atoms with Gasteiger partial charge >= 0.3 is 0 Å². The van der Waals surface area contributed by atoms with E-state index in [1.54, 1.807) is 13.2 Å². The molecule has 0 saturated carbocycles. The maximum Gasteiger partial charge on any atom is 0.220 e. The zero-order valence-corrected chi connectivity index (χ0v) is 17.4. The van der Waals surface area contributed by atoms with Gasteiger partial charge in [-0.25, -0.2) is 4.39 Å². The molecule has 2 aliphatic rings. The Morgan fingerprint density at radius 1 is 1.17 bits per heavy atom. The Bertz CT molecular complexity index is 875. The Hall–Kier alpha value is -2.44. The minimum atomic E-state index is -0.188. The highest BCUT2D eigenvalue weighted by atomic mass is 19.1. The second kappa shape index (κ2) is 9.58. The summed E-state index contributed by atoms with van der Waals surface area (Å²) in [6.45, 7) is 1.71. The van der Waals surface area contributed by atoms with Gasteiger partial charge < -0.3 is 14.8 Å². The molecule has 2 aromatic rings. The molecule has 3 atom stereocenters. The molecule has 2 heterocycles. The molecule has 0 aliphatic carbocycles. The Kier molecular flexibility index (Phi) is 6.65. The van der Waals surface area contributed by atoms with Crippen LogP contribution in [0, 0.1) is 5.82 Å². The highest BCUT2D eigenvalue weighted by Crippen LogP contribution is 2.41. The molecule has 4 rings (SSSR count). The van der Waals surface area contributed by atoms with E-state index in [1.807, 2.05) is 30.3 Å². The van der Waals surface area contributed by atoms with Crippen molar-refractivity contribution in [1.82, 2.24) is 10.2 Å². The van der Waals surface area contributed by atoms with E-state index in [0.717, 1.165) is 30.6 Å². The quantitative estimate of drug-likeness (QED) is 0.702. The number of methoxy groups -OCH3 is 1. The van der Waals surface area contributed by atoms with Crippen molar-refractivity contribution < 1.29 is 18.7 Å². The van der Waals surface area contributed by atoms with Crippen LogP contribution in [0.4, 0.5) is 4.39 Å².